The van der Waals surface area contributed by atoms with E-state index in [9.17, 15) is 9.59 Å². The van der Waals surface area contributed by atoms with Gasteiger partial charge in [-0.1, -0.05) is 0 Å². The molecule has 0 spiro atoms. The zero-order valence-corrected chi connectivity index (χ0v) is 11.4. The predicted molar refractivity (Wildman–Crippen MR) is 70.1 cm³/mol. The molecule has 98 valence electrons. The van der Waals surface area contributed by atoms with Crippen LogP contribution in [-0.2, 0) is 26.0 Å². The van der Waals surface area contributed by atoms with Gasteiger partial charge in [0.05, 0.1) is 5.88 Å². The van der Waals surface area contributed by atoms with Crippen LogP contribution in [0.3, 0.4) is 0 Å². The van der Waals surface area contributed by atoms with E-state index in [1.165, 1.54) is 11.6 Å². The molecule has 0 radical (unpaired) electrons. The molecule has 0 N–H and O–H groups in total. The molecule has 0 atom stereocenters. The summed E-state index contributed by atoms with van der Waals surface area (Å²) in [6.07, 6.45) is 0. The van der Waals surface area contributed by atoms with E-state index < -0.39 is 0 Å². The van der Waals surface area contributed by atoms with Crippen molar-refractivity contribution in [2.24, 2.45) is 7.05 Å². The Labute approximate surface area is 108 Å². The third kappa shape index (κ3) is 1.59. The van der Waals surface area contributed by atoms with E-state index in [-0.39, 0.29) is 17.1 Å². The van der Waals surface area contributed by atoms with Gasteiger partial charge in [-0.2, -0.15) is 0 Å². The van der Waals surface area contributed by atoms with Crippen molar-refractivity contribution in [1.82, 2.24) is 18.7 Å². The molecular weight excluding hydrogens is 256 g/mol. The number of hydrogen-bond donors (Lipinski definition) is 0. The Morgan fingerprint density at radius 2 is 1.78 bits per heavy atom. The first-order chi connectivity index (χ1) is 8.56. The second-order valence-electron chi connectivity index (χ2n) is 3.97. The highest BCUT2D eigenvalue weighted by Gasteiger charge is 2.18. The smallest absolute Gasteiger partial charge is 0.321 e. The SMILES string of the molecule is CCn1c(CCl)nc2c1c(=O)n(C)c(=O)n2CC. The van der Waals surface area contributed by atoms with Crippen LogP contribution in [0, 0.1) is 0 Å². The molecule has 0 aliphatic carbocycles. The van der Waals surface area contributed by atoms with Crippen LogP contribution >= 0.6 is 11.6 Å². The summed E-state index contributed by atoms with van der Waals surface area (Å²) >= 11 is 5.83. The average Bonchev–Trinajstić information content (AvgIpc) is 2.75. The zero-order chi connectivity index (χ0) is 13.4. The van der Waals surface area contributed by atoms with Crippen LogP contribution in [0.1, 0.15) is 19.7 Å². The second-order valence-corrected chi connectivity index (χ2v) is 4.24. The Morgan fingerprint density at radius 1 is 1.17 bits per heavy atom. The van der Waals surface area contributed by atoms with Gasteiger partial charge in [-0.3, -0.25) is 13.9 Å². The van der Waals surface area contributed by atoms with Gasteiger partial charge in [0.15, 0.2) is 11.2 Å². The van der Waals surface area contributed by atoms with Gasteiger partial charge in [-0.05, 0) is 13.8 Å². The van der Waals surface area contributed by atoms with E-state index in [1.54, 1.807) is 4.57 Å². The molecule has 0 aromatic carbocycles. The fourth-order valence-electron chi connectivity index (χ4n) is 2.13. The number of fused-ring (bicyclic) bond motifs is 1. The average molecular weight is 271 g/mol. The maximum atomic E-state index is 12.2. The van der Waals surface area contributed by atoms with Gasteiger partial charge in [-0.15, -0.1) is 11.6 Å². The van der Waals surface area contributed by atoms with Crippen molar-refractivity contribution in [3.63, 3.8) is 0 Å². The first kappa shape index (κ1) is 12.9. The van der Waals surface area contributed by atoms with Gasteiger partial charge < -0.3 is 4.57 Å². The minimum absolute atomic E-state index is 0.212. The van der Waals surface area contributed by atoms with Crippen LogP contribution < -0.4 is 11.2 Å². The van der Waals surface area contributed by atoms with E-state index in [0.717, 1.165) is 4.57 Å². The first-order valence-corrected chi connectivity index (χ1v) is 6.35. The molecule has 0 aliphatic heterocycles. The van der Waals surface area contributed by atoms with E-state index in [2.05, 4.69) is 4.98 Å². The van der Waals surface area contributed by atoms with E-state index in [4.69, 9.17) is 11.6 Å². The number of aryl methyl sites for hydroxylation is 2. The van der Waals surface area contributed by atoms with Crippen LogP contribution in [0.25, 0.3) is 11.2 Å². The third-order valence-electron chi connectivity index (χ3n) is 3.06. The maximum absolute atomic E-state index is 12.2. The van der Waals surface area contributed by atoms with Gasteiger partial charge in [0.25, 0.3) is 5.56 Å². The van der Waals surface area contributed by atoms with Crippen molar-refractivity contribution >= 4 is 22.8 Å². The molecular formula is C11H15ClN4O2. The minimum atomic E-state index is -0.350. The van der Waals surface area contributed by atoms with Crippen molar-refractivity contribution in [3.05, 3.63) is 26.7 Å². The number of alkyl halides is 1. The normalized spacial score (nSPS) is 11.3. The first-order valence-electron chi connectivity index (χ1n) is 5.81. The summed E-state index contributed by atoms with van der Waals surface area (Å²) in [6.45, 7) is 4.82. The Kier molecular flexibility index (Phi) is 3.30. The Hall–Kier alpha value is -1.56. The van der Waals surface area contributed by atoms with Crippen molar-refractivity contribution < 1.29 is 0 Å². The molecule has 0 aliphatic rings. The van der Waals surface area contributed by atoms with E-state index in [0.29, 0.717) is 30.1 Å². The molecule has 2 aromatic heterocycles. The molecule has 0 fully saturated rings. The van der Waals surface area contributed by atoms with Crippen molar-refractivity contribution in [1.29, 1.82) is 0 Å². The van der Waals surface area contributed by atoms with Gasteiger partial charge >= 0.3 is 5.69 Å². The van der Waals surface area contributed by atoms with Crippen molar-refractivity contribution in [3.8, 4) is 0 Å². The molecule has 6 nitrogen and oxygen atoms in total. The van der Waals surface area contributed by atoms with Gasteiger partial charge in [0, 0.05) is 20.1 Å². The molecule has 0 saturated carbocycles. The Bertz CT molecular complexity index is 710. The molecule has 0 saturated heterocycles. The van der Waals surface area contributed by atoms with Crippen LogP contribution in [0.4, 0.5) is 0 Å². The molecule has 18 heavy (non-hydrogen) atoms. The summed E-state index contributed by atoms with van der Waals surface area (Å²) in [5, 5.41) is 0. The van der Waals surface area contributed by atoms with E-state index in [1.807, 2.05) is 13.8 Å². The number of imidazole rings is 1. The monoisotopic (exact) mass is 270 g/mol. The Morgan fingerprint density at radius 3 is 2.28 bits per heavy atom. The maximum Gasteiger partial charge on any atom is 0.332 e. The topological polar surface area (TPSA) is 61.8 Å². The summed E-state index contributed by atoms with van der Waals surface area (Å²) in [4.78, 5) is 28.5. The summed E-state index contributed by atoms with van der Waals surface area (Å²) in [7, 11) is 1.48. The lowest BCUT2D eigenvalue weighted by Gasteiger charge is -2.07. The van der Waals surface area contributed by atoms with Gasteiger partial charge in [0.2, 0.25) is 0 Å². The van der Waals surface area contributed by atoms with Crippen LogP contribution in [0.15, 0.2) is 9.59 Å². The van der Waals surface area contributed by atoms with Crippen molar-refractivity contribution in [2.45, 2.75) is 32.8 Å². The molecule has 2 heterocycles. The Balaban J connectivity index is 3.08. The zero-order valence-electron chi connectivity index (χ0n) is 10.6. The van der Waals surface area contributed by atoms with E-state index >= 15 is 0 Å². The molecule has 2 aromatic rings. The fourth-order valence-corrected chi connectivity index (χ4v) is 2.33. The molecule has 0 amide bonds. The van der Waals surface area contributed by atoms with Crippen LogP contribution in [0.5, 0.6) is 0 Å². The quantitative estimate of drug-likeness (QED) is 0.771. The van der Waals surface area contributed by atoms with Crippen LogP contribution in [-0.4, -0.2) is 18.7 Å². The largest absolute Gasteiger partial charge is 0.332 e. The highest BCUT2D eigenvalue weighted by molar-refractivity contribution is 6.16. The lowest BCUT2D eigenvalue weighted by Crippen LogP contribution is -2.38. The predicted octanol–water partition coefficient (Wildman–Crippen LogP) is 0.675. The van der Waals surface area contributed by atoms with Crippen LogP contribution in [0.2, 0.25) is 0 Å². The number of halogens is 1. The minimum Gasteiger partial charge on any atom is -0.321 e. The van der Waals surface area contributed by atoms with Gasteiger partial charge in [0.1, 0.15) is 5.82 Å². The van der Waals surface area contributed by atoms with Gasteiger partial charge in [-0.25, -0.2) is 9.78 Å². The summed E-state index contributed by atoms with van der Waals surface area (Å²) in [6, 6.07) is 0. The number of rotatable bonds is 3. The molecule has 7 heteroatoms. The lowest BCUT2D eigenvalue weighted by atomic mass is 10.4. The number of hydrogen-bond acceptors (Lipinski definition) is 3. The fraction of sp³-hybridized carbons (Fsp3) is 0.545. The highest BCUT2D eigenvalue weighted by atomic mass is 35.5. The molecule has 2 rings (SSSR count). The lowest BCUT2D eigenvalue weighted by molar-refractivity contribution is 0.648. The standard InChI is InChI=1S/C11H15ClN4O2/c1-4-15-7(6-12)13-9-8(15)10(17)14(3)11(18)16(9)5-2/h4-6H2,1-3H3. The molecule has 0 bridgehead atoms. The number of nitrogens with zero attached hydrogens (tertiary/aromatic N) is 4. The summed E-state index contributed by atoms with van der Waals surface area (Å²) in [5.74, 6) is 0.822. The summed E-state index contributed by atoms with van der Waals surface area (Å²) in [5.41, 5.74) is 0.183. The highest BCUT2D eigenvalue weighted by Crippen LogP contribution is 2.13. The van der Waals surface area contributed by atoms with Crippen molar-refractivity contribution in [2.75, 3.05) is 0 Å². The molecule has 0 unspecified atom stereocenters. The second kappa shape index (κ2) is 4.61. The third-order valence-corrected chi connectivity index (χ3v) is 3.30. The number of aromatic nitrogens is 4. The summed E-state index contributed by atoms with van der Waals surface area (Å²) < 4.78 is 4.35.